The summed E-state index contributed by atoms with van der Waals surface area (Å²) in [6.07, 6.45) is 3.11. The van der Waals surface area contributed by atoms with Crippen LogP contribution in [0.4, 0.5) is 0 Å². The van der Waals surface area contributed by atoms with Crippen molar-refractivity contribution in [2.24, 2.45) is 0 Å². The highest BCUT2D eigenvalue weighted by Gasteiger charge is 2.41. The van der Waals surface area contributed by atoms with Gasteiger partial charge in [0.25, 0.3) is 0 Å². The van der Waals surface area contributed by atoms with E-state index >= 15 is 0 Å². The van der Waals surface area contributed by atoms with Crippen LogP contribution < -0.4 is 0 Å². The van der Waals surface area contributed by atoms with E-state index in [-0.39, 0.29) is 6.61 Å². The summed E-state index contributed by atoms with van der Waals surface area (Å²) in [5.74, 6) is -0.661. The lowest BCUT2D eigenvalue weighted by molar-refractivity contribution is -0.142. The zero-order chi connectivity index (χ0) is 14.6. The maximum absolute atomic E-state index is 12.7. The molecule has 1 aliphatic carbocycles. The van der Waals surface area contributed by atoms with E-state index in [1.54, 1.807) is 37.3 Å². The van der Waals surface area contributed by atoms with Crippen molar-refractivity contribution in [1.82, 2.24) is 0 Å². The Hall–Kier alpha value is -1.36. The Bertz CT molecular complexity index is 544. The molecule has 0 aliphatic heterocycles. The molecule has 110 valence electrons. The maximum atomic E-state index is 12.7. The third kappa shape index (κ3) is 3.03. The number of carbonyl (C=O) groups excluding carboxylic acids is 1. The third-order valence-electron chi connectivity index (χ3n) is 3.70. The van der Waals surface area contributed by atoms with Crippen LogP contribution in [0.2, 0.25) is 0 Å². The van der Waals surface area contributed by atoms with Gasteiger partial charge < -0.3 is 4.74 Å². The number of hydrogen-bond acceptors (Lipinski definition) is 4. The molecule has 1 aromatic rings. The molecule has 2 rings (SSSR count). The summed E-state index contributed by atoms with van der Waals surface area (Å²) < 4.78 is 30.5. The lowest BCUT2D eigenvalue weighted by Gasteiger charge is -2.20. The van der Waals surface area contributed by atoms with Crippen molar-refractivity contribution in [2.75, 3.05) is 6.61 Å². The van der Waals surface area contributed by atoms with Crippen LogP contribution in [0.3, 0.4) is 0 Å². The smallest absolute Gasteiger partial charge is 0.328 e. The van der Waals surface area contributed by atoms with Crippen LogP contribution in [0, 0.1) is 0 Å². The number of hydrogen-bond donors (Lipinski definition) is 0. The maximum Gasteiger partial charge on any atom is 0.328 e. The highest BCUT2D eigenvalue weighted by Crippen LogP contribution is 2.34. The van der Waals surface area contributed by atoms with Gasteiger partial charge in [-0.2, -0.15) is 0 Å². The fourth-order valence-corrected chi connectivity index (χ4v) is 4.96. The SMILES string of the molecule is CCOC(=O)C(c1ccccc1)S(=O)(=O)C1CCCC1. The lowest BCUT2D eigenvalue weighted by atomic mass is 10.1. The van der Waals surface area contributed by atoms with Crippen LogP contribution in [0.1, 0.15) is 43.4 Å². The monoisotopic (exact) mass is 296 g/mol. The van der Waals surface area contributed by atoms with E-state index in [0.717, 1.165) is 12.8 Å². The molecule has 5 heteroatoms. The van der Waals surface area contributed by atoms with Crippen molar-refractivity contribution in [3.05, 3.63) is 35.9 Å². The third-order valence-corrected chi connectivity index (χ3v) is 6.22. The summed E-state index contributed by atoms with van der Waals surface area (Å²) in [6.45, 7) is 1.87. The van der Waals surface area contributed by atoms with Gasteiger partial charge in [-0.05, 0) is 25.3 Å². The molecule has 0 radical (unpaired) electrons. The Kier molecular flexibility index (Phi) is 4.81. The number of carbonyl (C=O) groups is 1. The van der Waals surface area contributed by atoms with E-state index in [0.29, 0.717) is 18.4 Å². The minimum absolute atomic E-state index is 0.183. The van der Waals surface area contributed by atoms with Gasteiger partial charge in [-0.3, -0.25) is 4.79 Å². The van der Waals surface area contributed by atoms with Crippen molar-refractivity contribution >= 4 is 15.8 Å². The number of esters is 1. The summed E-state index contributed by atoms with van der Waals surface area (Å²) in [5, 5.41) is -1.61. The molecule has 0 bridgehead atoms. The second kappa shape index (κ2) is 6.39. The minimum Gasteiger partial charge on any atom is -0.465 e. The van der Waals surface area contributed by atoms with Gasteiger partial charge in [0.05, 0.1) is 11.9 Å². The van der Waals surface area contributed by atoms with Gasteiger partial charge >= 0.3 is 5.97 Å². The second-order valence-electron chi connectivity index (χ2n) is 5.04. The van der Waals surface area contributed by atoms with E-state index in [1.807, 2.05) is 0 Å². The molecule has 0 aromatic heterocycles. The quantitative estimate of drug-likeness (QED) is 0.784. The average Bonchev–Trinajstić information content (AvgIpc) is 2.94. The van der Waals surface area contributed by atoms with Crippen LogP contribution in [-0.4, -0.2) is 26.2 Å². The fraction of sp³-hybridized carbons (Fsp3) is 0.533. The second-order valence-corrected chi connectivity index (χ2v) is 7.35. The molecule has 1 atom stereocenters. The molecule has 0 amide bonds. The zero-order valence-electron chi connectivity index (χ0n) is 11.6. The first-order chi connectivity index (χ1) is 9.57. The molecule has 1 fully saturated rings. The van der Waals surface area contributed by atoms with E-state index in [9.17, 15) is 13.2 Å². The highest BCUT2D eigenvalue weighted by molar-refractivity contribution is 7.93. The Balaban J connectivity index is 2.38. The standard InChI is InChI=1S/C15H20O4S/c1-2-19-15(16)14(12-8-4-3-5-9-12)20(17,18)13-10-6-7-11-13/h3-5,8-9,13-14H,2,6-7,10-11H2,1H3. The zero-order valence-corrected chi connectivity index (χ0v) is 12.4. The molecule has 1 aliphatic rings. The van der Waals surface area contributed by atoms with Crippen molar-refractivity contribution in [3.8, 4) is 0 Å². The first-order valence-electron chi connectivity index (χ1n) is 7.01. The Morgan fingerprint density at radius 1 is 1.25 bits per heavy atom. The fourth-order valence-electron chi connectivity index (χ4n) is 2.71. The van der Waals surface area contributed by atoms with Crippen molar-refractivity contribution in [3.63, 3.8) is 0 Å². The van der Waals surface area contributed by atoms with Crippen LogP contribution >= 0.6 is 0 Å². The molecule has 1 aromatic carbocycles. The van der Waals surface area contributed by atoms with Gasteiger partial charge in [0, 0.05) is 0 Å². The summed E-state index contributed by atoms with van der Waals surface area (Å²) >= 11 is 0. The molecular weight excluding hydrogens is 276 g/mol. The summed E-state index contributed by atoms with van der Waals surface area (Å²) in [6, 6.07) is 8.63. The highest BCUT2D eigenvalue weighted by atomic mass is 32.2. The van der Waals surface area contributed by atoms with E-state index in [1.165, 1.54) is 0 Å². The van der Waals surface area contributed by atoms with Crippen molar-refractivity contribution < 1.29 is 17.9 Å². The largest absolute Gasteiger partial charge is 0.465 e. The predicted molar refractivity (Wildman–Crippen MR) is 77.0 cm³/mol. The summed E-state index contributed by atoms with van der Waals surface area (Å²) in [4.78, 5) is 12.1. The Labute approximate surface area is 120 Å². The molecule has 20 heavy (non-hydrogen) atoms. The summed E-state index contributed by atoms with van der Waals surface area (Å²) in [7, 11) is -3.55. The molecule has 1 unspecified atom stereocenters. The van der Waals surface area contributed by atoms with E-state index < -0.39 is 26.3 Å². The normalized spacial score (nSPS) is 17.9. The van der Waals surface area contributed by atoms with Gasteiger partial charge in [-0.1, -0.05) is 43.2 Å². The minimum atomic E-state index is -3.55. The number of sulfone groups is 1. The van der Waals surface area contributed by atoms with Gasteiger partial charge in [-0.25, -0.2) is 8.42 Å². The Morgan fingerprint density at radius 3 is 2.40 bits per heavy atom. The molecular formula is C15H20O4S. The van der Waals surface area contributed by atoms with Crippen molar-refractivity contribution in [2.45, 2.75) is 43.1 Å². The lowest BCUT2D eigenvalue weighted by Crippen LogP contribution is -2.31. The van der Waals surface area contributed by atoms with E-state index in [2.05, 4.69) is 0 Å². The van der Waals surface area contributed by atoms with Crippen LogP contribution in [0.5, 0.6) is 0 Å². The molecule has 0 heterocycles. The number of benzene rings is 1. The number of rotatable bonds is 5. The van der Waals surface area contributed by atoms with Gasteiger partial charge in [0.15, 0.2) is 15.1 Å². The predicted octanol–water partition coefficient (Wildman–Crippen LogP) is 2.65. The van der Waals surface area contributed by atoms with Gasteiger partial charge in [-0.15, -0.1) is 0 Å². The molecule has 4 nitrogen and oxygen atoms in total. The molecule has 0 spiro atoms. The first-order valence-corrected chi connectivity index (χ1v) is 8.62. The Morgan fingerprint density at radius 2 is 1.85 bits per heavy atom. The first kappa shape index (κ1) is 15.0. The van der Waals surface area contributed by atoms with Crippen LogP contribution in [-0.2, 0) is 19.4 Å². The van der Waals surface area contributed by atoms with Crippen LogP contribution in [0.25, 0.3) is 0 Å². The molecule has 0 N–H and O–H groups in total. The molecule has 1 saturated carbocycles. The summed E-state index contributed by atoms with van der Waals surface area (Å²) in [5.41, 5.74) is 0.498. The van der Waals surface area contributed by atoms with E-state index in [4.69, 9.17) is 4.74 Å². The topological polar surface area (TPSA) is 60.4 Å². The number of ether oxygens (including phenoxy) is 1. The average molecular weight is 296 g/mol. The van der Waals surface area contributed by atoms with Gasteiger partial charge in [0.2, 0.25) is 0 Å². The van der Waals surface area contributed by atoms with Crippen molar-refractivity contribution in [1.29, 1.82) is 0 Å². The van der Waals surface area contributed by atoms with Gasteiger partial charge in [0.1, 0.15) is 0 Å². The molecule has 0 saturated heterocycles. The van der Waals surface area contributed by atoms with Crippen LogP contribution in [0.15, 0.2) is 30.3 Å².